The minimum absolute atomic E-state index is 0.0129. The highest BCUT2D eigenvalue weighted by molar-refractivity contribution is 7.80. The van der Waals surface area contributed by atoms with Crippen LogP contribution in [0.15, 0.2) is 41.8 Å². The number of aromatic nitrogens is 2. The van der Waals surface area contributed by atoms with Gasteiger partial charge in [0, 0.05) is 89.6 Å². The number of amides is 4. The molecule has 15 N–H and O–H groups in total. The third kappa shape index (κ3) is 21.6. The molecule has 2 rings (SSSR count). The number of H-pyrrole nitrogens is 1. The lowest BCUT2D eigenvalue weighted by molar-refractivity contribution is -0.141. The second-order valence-corrected chi connectivity index (χ2v) is 16.8. The zero-order chi connectivity index (χ0) is 48.9. The molecular formula is C45H75N13O7S. The number of phenols is 1. The van der Waals surface area contributed by atoms with E-state index in [1.165, 1.54) is 33.2 Å². The molecule has 21 heteroatoms. The number of hydrogen-bond acceptors (Lipinski definition) is 13. The molecule has 0 aliphatic carbocycles. The average Bonchev–Trinajstić information content (AvgIpc) is 3.80. The fourth-order valence-electron chi connectivity index (χ4n) is 7.80. The minimum Gasteiger partial charge on any atom is -0.508 e. The van der Waals surface area contributed by atoms with E-state index in [4.69, 9.17) is 39.8 Å². The van der Waals surface area contributed by atoms with Gasteiger partial charge in [-0.05, 0) is 94.2 Å². The molecule has 3 unspecified atom stereocenters. The van der Waals surface area contributed by atoms with Gasteiger partial charge >= 0.3 is 0 Å². The monoisotopic (exact) mass is 942 g/mol. The van der Waals surface area contributed by atoms with Crippen molar-refractivity contribution in [2.45, 2.75) is 134 Å². The Labute approximate surface area is 394 Å². The average molecular weight is 942 g/mol. The fourth-order valence-corrected chi connectivity index (χ4v) is 7.99. The van der Waals surface area contributed by atoms with E-state index >= 15 is 0 Å². The van der Waals surface area contributed by atoms with Gasteiger partial charge in [-0.1, -0.05) is 18.6 Å². The van der Waals surface area contributed by atoms with Crippen LogP contribution in [0.5, 0.6) is 5.75 Å². The van der Waals surface area contributed by atoms with Crippen molar-refractivity contribution in [1.29, 1.82) is 5.41 Å². The summed E-state index contributed by atoms with van der Waals surface area (Å²) in [6.45, 7) is 1.11. The number of phenolic OH excluding ortho intramolecular Hbond substituents is 1. The number of aliphatic imine (C=N–C) groups is 1. The van der Waals surface area contributed by atoms with Crippen molar-refractivity contribution >= 4 is 59.6 Å². The molecule has 3 atom stereocenters. The first-order valence-electron chi connectivity index (χ1n) is 23.0. The third-order valence-electron chi connectivity index (χ3n) is 11.2. The summed E-state index contributed by atoms with van der Waals surface area (Å²) in [7, 11) is 0. The van der Waals surface area contributed by atoms with E-state index in [0.29, 0.717) is 83.0 Å². The van der Waals surface area contributed by atoms with Gasteiger partial charge in [-0.3, -0.25) is 39.2 Å². The van der Waals surface area contributed by atoms with Crippen LogP contribution in [0.1, 0.15) is 114 Å². The molecule has 20 nitrogen and oxygen atoms in total. The summed E-state index contributed by atoms with van der Waals surface area (Å²) >= 11 is 4.22. The van der Waals surface area contributed by atoms with E-state index in [9.17, 15) is 33.9 Å². The molecule has 0 spiro atoms. The molecule has 1 aromatic carbocycles. The number of Topliss-reactive ketones (excluding diaryl/α,β-unsaturated/α-hetero) is 2. The summed E-state index contributed by atoms with van der Waals surface area (Å²) in [6.07, 6.45) is 8.18. The lowest BCUT2D eigenvalue weighted by atomic mass is 9.97. The Balaban J connectivity index is 2.45. The number of nitrogens with zero attached hydrogens (tertiary/aromatic N) is 5. The molecule has 0 saturated carbocycles. The molecule has 0 bridgehead atoms. The number of amidine groups is 1. The van der Waals surface area contributed by atoms with Crippen LogP contribution in [-0.2, 0) is 41.6 Å². The van der Waals surface area contributed by atoms with Crippen LogP contribution in [0, 0.1) is 5.41 Å². The molecule has 0 radical (unpaired) electrons. The van der Waals surface area contributed by atoms with Gasteiger partial charge in [-0.15, -0.1) is 0 Å². The molecule has 1 heterocycles. The van der Waals surface area contributed by atoms with Crippen LogP contribution in [0.2, 0.25) is 0 Å². The van der Waals surface area contributed by atoms with Crippen molar-refractivity contribution in [1.82, 2.24) is 24.7 Å². The van der Waals surface area contributed by atoms with E-state index in [2.05, 4.69) is 27.6 Å². The lowest BCUT2D eigenvalue weighted by Gasteiger charge is -2.33. The number of unbranched alkanes of at least 4 members (excludes halogenated alkanes) is 3. The van der Waals surface area contributed by atoms with Crippen LogP contribution in [0.4, 0.5) is 0 Å². The van der Waals surface area contributed by atoms with Crippen molar-refractivity contribution in [3.05, 3.63) is 48.0 Å². The second-order valence-electron chi connectivity index (χ2n) is 16.4. The van der Waals surface area contributed by atoms with E-state index in [-0.39, 0.29) is 130 Å². The molecule has 1 aromatic heterocycles. The number of carbonyl (C=O) groups excluding carboxylic acids is 6. The molecule has 0 aliphatic heterocycles. The van der Waals surface area contributed by atoms with Gasteiger partial charge in [-0.2, -0.15) is 12.6 Å². The zero-order valence-corrected chi connectivity index (χ0v) is 39.3. The first kappa shape index (κ1) is 56.6. The summed E-state index contributed by atoms with van der Waals surface area (Å²) in [5, 5.41) is 17.4. The van der Waals surface area contributed by atoms with Gasteiger partial charge in [0.15, 0.2) is 17.5 Å². The SMILES string of the molecule is N=C(N)CCCCC(C(=O)CCCN(C(=O)CCc1ccc(O)cc1)C(Cc1cnc[nH]1)C(=O)CCCN(C(=O)CCCCN=C(N)N)C(CCCCN)C(N)=O)N(CCN)C(=O)CCS. The Hall–Kier alpha value is -5.54. The Morgan fingerprint density at radius 3 is 1.83 bits per heavy atom. The maximum absolute atomic E-state index is 14.5. The number of imidazole rings is 1. The molecule has 0 aliphatic rings. The van der Waals surface area contributed by atoms with Crippen molar-refractivity contribution in [3.63, 3.8) is 0 Å². The van der Waals surface area contributed by atoms with E-state index in [0.717, 1.165) is 5.56 Å². The highest BCUT2D eigenvalue weighted by atomic mass is 32.1. The van der Waals surface area contributed by atoms with Crippen LogP contribution >= 0.6 is 12.6 Å². The summed E-state index contributed by atoms with van der Waals surface area (Å²) in [5.41, 5.74) is 35.3. The first-order chi connectivity index (χ1) is 31.6. The number of primary amides is 1. The summed E-state index contributed by atoms with van der Waals surface area (Å²) in [6, 6.07) is 3.77. The third-order valence-corrected chi connectivity index (χ3v) is 11.5. The lowest BCUT2D eigenvalue weighted by Crippen LogP contribution is -2.49. The molecule has 66 heavy (non-hydrogen) atoms. The van der Waals surface area contributed by atoms with E-state index in [1.807, 2.05) is 0 Å². The number of thiol groups is 1. The van der Waals surface area contributed by atoms with Gasteiger partial charge < -0.3 is 59.2 Å². The predicted octanol–water partition coefficient (Wildman–Crippen LogP) is 1.41. The second kappa shape index (κ2) is 32.2. The number of ketones is 2. The maximum atomic E-state index is 14.5. The maximum Gasteiger partial charge on any atom is 0.240 e. The van der Waals surface area contributed by atoms with Gasteiger partial charge in [0.2, 0.25) is 23.6 Å². The van der Waals surface area contributed by atoms with E-state index < -0.39 is 24.0 Å². The quantitative estimate of drug-likeness (QED) is 0.0199. The van der Waals surface area contributed by atoms with Crippen LogP contribution < -0.4 is 34.4 Å². The highest BCUT2D eigenvalue weighted by Gasteiger charge is 2.33. The number of aryl methyl sites for hydroxylation is 1. The van der Waals surface area contributed by atoms with Crippen molar-refractivity contribution < 1.29 is 33.9 Å². The van der Waals surface area contributed by atoms with Gasteiger partial charge in [0.1, 0.15) is 11.8 Å². The number of rotatable bonds is 37. The zero-order valence-electron chi connectivity index (χ0n) is 38.4. The van der Waals surface area contributed by atoms with Crippen molar-refractivity contribution in [3.8, 4) is 5.75 Å². The molecule has 0 saturated heterocycles. The number of guanidine groups is 1. The van der Waals surface area contributed by atoms with Crippen molar-refractivity contribution in [2.24, 2.45) is 39.4 Å². The Kier molecular flexibility index (Phi) is 27.6. The standard InChI is InChI=1S/C45H75N13O7S/c46-22-5-3-10-36(44(50)65)56(41(62)14-4-6-24-54-45(51)52)25-8-12-39(61)37(29-33-30-53-31-55-33)57(42(63)20-17-32-15-18-34(59)19-16-32)26-7-11-38(60)35(9-1-2-13-40(48)49)58(27-23-47)43(64)21-28-66/h15-16,18-19,30-31,35-37,59,66H,1-14,17,20-29,46-47H2,(H3,48,49)(H2,50,65)(H,53,55)(H4,51,52,54). The minimum atomic E-state index is -1.00. The highest BCUT2D eigenvalue weighted by Crippen LogP contribution is 2.21. The van der Waals surface area contributed by atoms with Crippen molar-refractivity contribution in [2.75, 3.05) is 45.0 Å². The van der Waals surface area contributed by atoms with Crippen LogP contribution in [-0.4, -0.2) is 140 Å². The molecule has 368 valence electrons. The largest absolute Gasteiger partial charge is 0.508 e. The predicted molar refractivity (Wildman–Crippen MR) is 258 cm³/mol. The van der Waals surface area contributed by atoms with Crippen LogP contribution in [0.25, 0.3) is 0 Å². The number of aromatic hydroxyl groups is 1. The number of benzene rings is 1. The van der Waals surface area contributed by atoms with Crippen LogP contribution in [0.3, 0.4) is 0 Å². The summed E-state index contributed by atoms with van der Waals surface area (Å²) in [5.74, 6) is -1.73. The number of nitrogens with one attached hydrogen (secondary N) is 2. The fraction of sp³-hybridized carbons (Fsp3) is 0.622. The topological polar surface area (TPSA) is 353 Å². The number of nitrogens with two attached hydrogens (primary N) is 6. The Morgan fingerprint density at radius 2 is 1.26 bits per heavy atom. The molecule has 2 aromatic rings. The van der Waals surface area contributed by atoms with Gasteiger partial charge in [0.25, 0.3) is 0 Å². The first-order valence-corrected chi connectivity index (χ1v) is 23.6. The van der Waals surface area contributed by atoms with Gasteiger partial charge in [-0.25, -0.2) is 4.98 Å². The summed E-state index contributed by atoms with van der Waals surface area (Å²) in [4.78, 5) is 98.3. The van der Waals surface area contributed by atoms with Gasteiger partial charge in [0.05, 0.1) is 24.2 Å². The number of carbonyl (C=O) groups is 6. The molecule has 0 fully saturated rings. The Bertz CT molecular complexity index is 1830. The summed E-state index contributed by atoms with van der Waals surface area (Å²) < 4.78 is 0. The van der Waals surface area contributed by atoms with E-state index in [1.54, 1.807) is 18.3 Å². The molecule has 4 amide bonds. The number of hydrogen-bond donors (Lipinski definition) is 10. The number of aromatic amines is 1. The normalized spacial score (nSPS) is 12.4. The Morgan fingerprint density at radius 1 is 0.682 bits per heavy atom. The molecular weight excluding hydrogens is 867 g/mol. The smallest absolute Gasteiger partial charge is 0.240 e.